The average Bonchev–Trinajstić information content (AvgIpc) is 2.48. The van der Waals surface area contributed by atoms with Crippen LogP contribution in [0.25, 0.3) is 0 Å². The van der Waals surface area contributed by atoms with Crippen LogP contribution in [0, 0.1) is 6.92 Å². The van der Waals surface area contributed by atoms with Gasteiger partial charge in [0.2, 0.25) is 0 Å². The number of rotatable bonds is 3. The number of benzene rings is 1. The lowest BCUT2D eigenvalue weighted by Gasteiger charge is -2.10. The standard InChI is InChI=1S/C14H12ClN3O3/c1-8-3-4-10(9(5-8)14(20)21-2)18-13(19)11-6-17-12(15)7-16-11/h3-7H,1-2H3,(H,18,19). The number of nitrogens with one attached hydrogen (secondary N) is 1. The van der Waals surface area contributed by atoms with Gasteiger partial charge in [0, 0.05) is 0 Å². The number of hydrogen-bond donors (Lipinski definition) is 1. The first-order chi connectivity index (χ1) is 10.0. The van der Waals surface area contributed by atoms with E-state index in [0.29, 0.717) is 5.69 Å². The van der Waals surface area contributed by atoms with E-state index in [1.807, 2.05) is 6.92 Å². The highest BCUT2D eigenvalue weighted by atomic mass is 35.5. The number of carbonyl (C=O) groups excluding carboxylic acids is 2. The Balaban J connectivity index is 2.28. The molecule has 0 fully saturated rings. The lowest BCUT2D eigenvalue weighted by molar-refractivity contribution is 0.0602. The molecule has 6 nitrogen and oxygen atoms in total. The van der Waals surface area contributed by atoms with Gasteiger partial charge in [-0.25, -0.2) is 14.8 Å². The Morgan fingerprint density at radius 3 is 2.62 bits per heavy atom. The summed E-state index contributed by atoms with van der Waals surface area (Å²) >= 11 is 5.61. The van der Waals surface area contributed by atoms with Crippen molar-refractivity contribution >= 4 is 29.2 Å². The number of aromatic nitrogens is 2. The predicted octanol–water partition coefficient (Wildman–Crippen LogP) is 2.48. The fourth-order valence-electron chi connectivity index (χ4n) is 1.66. The van der Waals surface area contributed by atoms with Gasteiger partial charge in [-0.2, -0.15) is 0 Å². The summed E-state index contributed by atoms with van der Waals surface area (Å²) in [5.74, 6) is -1.02. The van der Waals surface area contributed by atoms with E-state index < -0.39 is 11.9 Å². The van der Waals surface area contributed by atoms with Crippen molar-refractivity contribution in [1.29, 1.82) is 0 Å². The van der Waals surface area contributed by atoms with Crippen LogP contribution in [0.1, 0.15) is 26.4 Å². The molecule has 1 amide bonds. The maximum atomic E-state index is 12.1. The van der Waals surface area contributed by atoms with E-state index in [9.17, 15) is 9.59 Å². The van der Waals surface area contributed by atoms with Gasteiger partial charge < -0.3 is 10.1 Å². The molecule has 0 bridgehead atoms. The molecule has 21 heavy (non-hydrogen) atoms. The SMILES string of the molecule is COC(=O)c1cc(C)ccc1NC(=O)c1cnc(Cl)cn1. The Kier molecular flexibility index (Phi) is 4.49. The second kappa shape index (κ2) is 6.32. The van der Waals surface area contributed by atoms with Crippen LogP contribution in [0.15, 0.2) is 30.6 Å². The van der Waals surface area contributed by atoms with E-state index in [-0.39, 0.29) is 16.4 Å². The molecule has 2 rings (SSSR count). The molecule has 7 heteroatoms. The minimum Gasteiger partial charge on any atom is -0.465 e. The van der Waals surface area contributed by atoms with Gasteiger partial charge in [-0.05, 0) is 19.1 Å². The van der Waals surface area contributed by atoms with Crippen LogP contribution in [-0.2, 0) is 4.74 Å². The second-order valence-corrected chi connectivity index (χ2v) is 4.61. The van der Waals surface area contributed by atoms with E-state index in [2.05, 4.69) is 15.3 Å². The molecule has 2 aromatic rings. The molecule has 0 radical (unpaired) electrons. The lowest BCUT2D eigenvalue weighted by Crippen LogP contribution is -2.17. The van der Waals surface area contributed by atoms with Crippen molar-refractivity contribution in [2.75, 3.05) is 12.4 Å². The van der Waals surface area contributed by atoms with Crippen LogP contribution in [0.2, 0.25) is 5.15 Å². The summed E-state index contributed by atoms with van der Waals surface area (Å²) in [6, 6.07) is 5.04. The molecule has 0 unspecified atom stereocenters. The normalized spacial score (nSPS) is 10.0. The quantitative estimate of drug-likeness (QED) is 0.881. The Labute approximate surface area is 126 Å². The second-order valence-electron chi connectivity index (χ2n) is 4.22. The Morgan fingerprint density at radius 1 is 1.24 bits per heavy atom. The molecule has 108 valence electrons. The van der Waals surface area contributed by atoms with Gasteiger partial charge in [0.25, 0.3) is 5.91 Å². The molecule has 0 atom stereocenters. The minimum absolute atomic E-state index is 0.0933. The summed E-state index contributed by atoms with van der Waals surface area (Å²) in [4.78, 5) is 31.4. The monoisotopic (exact) mass is 305 g/mol. The van der Waals surface area contributed by atoms with E-state index in [1.54, 1.807) is 18.2 Å². The van der Waals surface area contributed by atoms with E-state index in [1.165, 1.54) is 19.5 Å². The van der Waals surface area contributed by atoms with Crippen LogP contribution in [0.4, 0.5) is 5.69 Å². The third-order valence-electron chi connectivity index (χ3n) is 2.68. The van der Waals surface area contributed by atoms with Gasteiger partial charge in [0.15, 0.2) is 0 Å². The van der Waals surface area contributed by atoms with Crippen LogP contribution in [0.5, 0.6) is 0 Å². The third kappa shape index (κ3) is 3.55. The molecule has 0 saturated carbocycles. The summed E-state index contributed by atoms with van der Waals surface area (Å²) in [6.07, 6.45) is 2.52. The molecule has 1 N–H and O–H groups in total. The van der Waals surface area contributed by atoms with Crippen LogP contribution < -0.4 is 5.32 Å². The first-order valence-corrected chi connectivity index (χ1v) is 6.37. The van der Waals surface area contributed by atoms with Gasteiger partial charge in [0.1, 0.15) is 10.8 Å². The number of hydrogen-bond acceptors (Lipinski definition) is 5. The van der Waals surface area contributed by atoms with Gasteiger partial charge in [-0.15, -0.1) is 0 Å². The lowest BCUT2D eigenvalue weighted by atomic mass is 10.1. The van der Waals surface area contributed by atoms with Crippen LogP contribution >= 0.6 is 11.6 Å². The predicted molar refractivity (Wildman–Crippen MR) is 77.5 cm³/mol. The zero-order chi connectivity index (χ0) is 15.4. The van der Waals surface area contributed by atoms with Crippen molar-refractivity contribution in [3.63, 3.8) is 0 Å². The molecule has 1 aromatic carbocycles. The van der Waals surface area contributed by atoms with E-state index in [0.717, 1.165) is 5.56 Å². The Hall–Kier alpha value is -2.47. The van der Waals surface area contributed by atoms with Gasteiger partial charge >= 0.3 is 5.97 Å². The molecule has 0 saturated heterocycles. The number of amides is 1. The van der Waals surface area contributed by atoms with E-state index >= 15 is 0 Å². The molecule has 0 spiro atoms. The fourth-order valence-corrected chi connectivity index (χ4v) is 1.76. The molecule has 0 aliphatic heterocycles. The van der Waals surface area contributed by atoms with Crippen molar-refractivity contribution in [2.45, 2.75) is 6.92 Å². The Bertz CT molecular complexity index is 686. The van der Waals surface area contributed by atoms with Crippen molar-refractivity contribution in [1.82, 2.24) is 9.97 Å². The summed E-state index contributed by atoms with van der Waals surface area (Å²) in [5.41, 5.74) is 1.58. The summed E-state index contributed by atoms with van der Waals surface area (Å²) in [7, 11) is 1.28. The van der Waals surface area contributed by atoms with Crippen molar-refractivity contribution < 1.29 is 14.3 Å². The number of esters is 1. The minimum atomic E-state index is -0.531. The highest BCUT2D eigenvalue weighted by Gasteiger charge is 2.16. The number of carbonyl (C=O) groups is 2. The molecule has 0 aliphatic rings. The number of aryl methyl sites for hydroxylation is 1. The first-order valence-electron chi connectivity index (χ1n) is 5.99. The van der Waals surface area contributed by atoms with Crippen molar-refractivity contribution in [3.8, 4) is 0 Å². The molecule has 1 heterocycles. The first kappa shape index (κ1) is 14.9. The zero-order valence-corrected chi connectivity index (χ0v) is 12.1. The largest absolute Gasteiger partial charge is 0.465 e. The summed E-state index contributed by atoms with van der Waals surface area (Å²) < 4.78 is 4.70. The third-order valence-corrected chi connectivity index (χ3v) is 2.88. The highest BCUT2D eigenvalue weighted by Crippen LogP contribution is 2.19. The number of methoxy groups -OCH3 is 1. The Morgan fingerprint density at radius 2 is 2.00 bits per heavy atom. The van der Waals surface area contributed by atoms with Gasteiger partial charge in [-0.1, -0.05) is 23.2 Å². The smallest absolute Gasteiger partial charge is 0.339 e. The zero-order valence-electron chi connectivity index (χ0n) is 11.4. The topological polar surface area (TPSA) is 81.2 Å². The maximum absolute atomic E-state index is 12.1. The van der Waals surface area contributed by atoms with Crippen molar-refractivity contribution in [3.05, 3.63) is 52.6 Å². The number of ether oxygens (including phenoxy) is 1. The maximum Gasteiger partial charge on any atom is 0.339 e. The number of halogens is 1. The summed E-state index contributed by atoms with van der Waals surface area (Å²) in [5, 5.41) is 2.80. The van der Waals surface area contributed by atoms with Gasteiger partial charge in [-0.3, -0.25) is 4.79 Å². The molecular formula is C14H12ClN3O3. The van der Waals surface area contributed by atoms with E-state index in [4.69, 9.17) is 16.3 Å². The number of nitrogens with zero attached hydrogens (tertiary/aromatic N) is 2. The number of anilines is 1. The van der Waals surface area contributed by atoms with Crippen LogP contribution in [0.3, 0.4) is 0 Å². The van der Waals surface area contributed by atoms with Crippen LogP contribution in [-0.4, -0.2) is 29.0 Å². The van der Waals surface area contributed by atoms with Crippen molar-refractivity contribution in [2.24, 2.45) is 0 Å². The summed E-state index contributed by atoms with van der Waals surface area (Å²) in [6.45, 7) is 1.84. The van der Waals surface area contributed by atoms with Gasteiger partial charge in [0.05, 0.1) is 30.8 Å². The molecular weight excluding hydrogens is 294 g/mol. The average molecular weight is 306 g/mol. The highest BCUT2D eigenvalue weighted by molar-refractivity contribution is 6.29. The fraction of sp³-hybridized carbons (Fsp3) is 0.143. The molecule has 1 aromatic heterocycles. The molecule has 0 aliphatic carbocycles.